The lowest BCUT2D eigenvalue weighted by Crippen LogP contribution is -2.20. The molecule has 0 saturated heterocycles. The third-order valence-electron chi connectivity index (χ3n) is 5.76. The van der Waals surface area contributed by atoms with E-state index < -0.39 is 0 Å². The molecule has 0 aliphatic heterocycles. The van der Waals surface area contributed by atoms with E-state index in [0.717, 1.165) is 60.0 Å². The third-order valence-corrected chi connectivity index (χ3v) is 5.76. The van der Waals surface area contributed by atoms with Crippen LogP contribution in [0.2, 0.25) is 0 Å². The first-order valence-electron chi connectivity index (χ1n) is 9.90. The normalized spacial score (nSPS) is 20.1. The Bertz CT molecular complexity index is 1120. The minimum absolute atomic E-state index is 0.120. The van der Waals surface area contributed by atoms with Crippen molar-refractivity contribution in [2.24, 2.45) is 5.92 Å². The van der Waals surface area contributed by atoms with Crippen LogP contribution in [0.4, 0.5) is 11.6 Å². The number of pyridine rings is 1. The van der Waals surface area contributed by atoms with Crippen LogP contribution in [0, 0.1) is 12.8 Å². The molecule has 3 N–H and O–H groups in total. The van der Waals surface area contributed by atoms with E-state index in [9.17, 15) is 5.11 Å². The van der Waals surface area contributed by atoms with Crippen LogP contribution in [0.5, 0.6) is 0 Å². The summed E-state index contributed by atoms with van der Waals surface area (Å²) in [6.45, 7) is 1.99. The quantitative estimate of drug-likeness (QED) is 0.505. The lowest BCUT2D eigenvalue weighted by atomic mass is 9.84. The molecule has 0 unspecified atom stereocenters. The van der Waals surface area contributed by atoms with Crippen LogP contribution in [0.15, 0.2) is 36.4 Å². The molecule has 3 aromatic heterocycles. The second kappa shape index (κ2) is 6.91. The van der Waals surface area contributed by atoms with Gasteiger partial charge >= 0.3 is 0 Å². The third kappa shape index (κ3) is 3.22. The average molecular weight is 376 g/mol. The minimum atomic E-state index is -0.120. The minimum Gasteiger partial charge on any atom is -0.393 e. The fourth-order valence-corrected chi connectivity index (χ4v) is 4.17. The van der Waals surface area contributed by atoms with E-state index in [1.807, 2.05) is 35.7 Å². The maximum atomic E-state index is 9.73. The summed E-state index contributed by atoms with van der Waals surface area (Å²) in [6, 6.07) is 12.2. The summed E-state index contributed by atoms with van der Waals surface area (Å²) in [5, 5.41) is 26.1. The van der Waals surface area contributed by atoms with Crippen molar-refractivity contribution < 1.29 is 5.11 Å². The molecule has 0 atom stereocenters. The van der Waals surface area contributed by atoms with E-state index >= 15 is 0 Å². The van der Waals surface area contributed by atoms with Crippen molar-refractivity contribution in [1.29, 1.82) is 0 Å². The van der Waals surface area contributed by atoms with Crippen molar-refractivity contribution in [3.63, 3.8) is 0 Å². The number of nitrogens with one attached hydrogen (secondary N) is 2. The van der Waals surface area contributed by atoms with Crippen LogP contribution in [-0.4, -0.2) is 36.0 Å². The fourth-order valence-electron chi connectivity index (χ4n) is 4.17. The topological polar surface area (TPSA) is 91.1 Å². The lowest BCUT2D eigenvalue weighted by molar-refractivity contribution is 0.108. The number of H-pyrrole nitrogens is 1. The second-order valence-electron chi connectivity index (χ2n) is 7.80. The fraction of sp³-hybridized carbons (Fsp3) is 0.381. The van der Waals surface area contributed by atoms with Gasteiger partial charge in [-0.25, -0.2) is 4.52 Å². The van der Waals surface area contributed by atoms with Gasteiger partial charge in [-0.15, -0.1) is 5.10 Å². The van der Waals surface area contributed by atoms with Crippen molar-refractivity contribution in [2.45, 2.75) is 45.1 Å². The van der Waals surface area contributed by atoms with E-state index in [-0.39, 0.29) is 6.10 Å². The van der Waals surface area contributed by atoms with Crippen LogP contribution in [0.25, 0.3) is 16.6 Å². The van der Waals surface area contributed by atoms with E-state index in [1.54, 1.807) is 0 Å². The molecule has 3 heterocycles. The molecule has 1 fully saturated rings. The highest BCUT2D eigenvalue weighted by Gasteiger charge is 2.21. The molecule has 0 bridgehead atoms. The Morgan fingerprint density at radius 2 is 2.04 bits per heavy atom. The molecular weight excluding hydrogens is 352 g/mol. The number of aromatic amines is 1. The number of benzene rings is 1. The summed E-state index contributed by atoms with van der Waals surface area (Å²) in [5.41, 5.74) is 4.92. The highest BCUT2D eigenvalue weighted by Crippen LogP contribution is 2.28. The van der Waals surface area contributed by atoms with Gasteiger partial charge in [-0.1, -0.05) is 6.07 Å². The van der Waals surface area contributed by atoms with Crippen LogP contribution < -0.4 is 5.32 Å². The monoisotopic (exact) mass is 376 g/mol. The van der Waals surface area contributed by atoms with Crippen molar-refractivity contribution in [1.82, 2.24) is 24.8 Å². The van der Waals surface area contributed by atoms with E-state index in [2.05, 4.69) is 32.6 Å². The van der Waals surface area contributed by atoms with Gasteiger partial charge in [0.15, 0.2) is 5.65 Å². The Balaban J connectivity index is 1.39. The number of fused-ring (bicyclic) bond motifs is 2. The smallest absolute Gasteiger partial charge is 0.247 e. The van der Waals surface area contributed by atoms with Crippen molar-refractivity contribution in [2.75, 3.05) is 5.32 Å². The first-order valence-corrected chi connectivity index (χ1v) is 9.90. The van der Waals surface area contributed by atoms with Gasteiger partial charge in [0, 0.05) is 16.8 Å². The van der Waals surface area contributed by atoms with Crippen LogP contribution >= 0.6 is 0 Å². The van der Waals surface area contributed by atoms with E-state index in [1.165, 1.54) is 5.69 Å². The number of nitrogens with zero attached hydrogens (tertiary/aromatic N) is 4. The number of hydrogen-bond donors (Lipinski definition) is 3. The molecule has 1 aliphatic rings. The zero-order valence-corrected chi connectivity index (χ0v) is 15.9. The average Bonchev–Trinajstić information content (AvgIpc) is 3.27. The highest BCUT2D eigenvalue weighted by molar-refractivity contribution is 5.84. The molecule has 1 saturated carbocycles. The zero-order valence-electron chi connectivity index (χ0n) is 15.9. The van der Waals surface area contributed by atoms with Gasteiger partial charge in [-0.05, 0) is 75.3 Å². The Morgan fingerprint density at radius 1 is 1.18 bits per heavy atom. The summed E-state index contributed by atoms with van der Waals surface area (Å²) < 4.78 is 1.94. The highest BCUT2D eigenvalue weighted by atomic mass is 16.3. The summed E-state index contributed by atoms with van der Waals surface area (Å²) >= 11 is 0. The number of aryl methyl sites for hydroxylation is 1. The lowest BCUT2D eigenvalue weighted by Gasteiger charge is -2.25. The molecule has 28 heavy (non-hydrogen) atoms. The second-order valence-corrected chi connectivity index (χ2v) is 7.80. The van der Waals surface area contributed by atoms with Gasteiger partial charge in [0.25, 0.3) is 0 Å². The van der Waals surface area contributed by atoms with Crippen LogP contribution in [0.1, 0.15) is 37.1 Å². The molecule has 0 amide bonds. The van der Waals surface area contributed by atoms with Gasteiger partial charge in [0.1, 0.15) is 0 Å². The van der Waals surface area contributed by atoms with Crippen molar-refractivity contribution in [3.8, 4) is 0 Å². The largest absolute Gasteiger partial charge is 0.393 e. The first-order chi connectivity index (χ1) is 13.7. The molecule has 0 radical (unpaired) electrons. The molecule has 0 spiro atoms. The number of anilines is 2. The van der Waals surface area contributed by atoms with Crippen molar-refractivity contribution in [3.05, 3.63) is 47.8 Å². The predicted molar refractivity (Wildman–Crippen MR) is 109 cm³/mol. The summed E-state index contributed by atoms with van der Waals surface area (Å²) in [6.07, 6.45) is 4.79. The maximum Gasteiger partial charge on any atom is 0.247 e. The zero-order chi connectivity index (χ0) is 19.1. The van der Waals surface area contributed by atoms with Crippen molar-refractivity contribution >= 4 is 28.2 Å². The Kier molecular flexibility index (Phi) is 4.24. The summed E-state index contributed by atoms with van der Waals surface area (Å²) in [7, 11) is 0. The maximum absolute atomic E-state index is 9.73. The van der Waals surface area contributed by atoms with E-state index in [0.29, 0.717) is 11.9 Å². The predicted octanol–water partition coefficient (Wildman–Crippen LogP) is 3.75. The number of aliphatic hydroxyl groups excluding tert-OH is 1. The van der Waals surface area contributed by atoms with Crippen LogP contribution in [-0.2, 0) is 6.42 Å². The molecular formula is C21H24N6O. The summed E-state index contributed by atoms with van der Waals surface area (Å²) in [4.78, 5) is 4.63. The molecule has 5 rings (SSSR count). The Hall–Kier alpha value is -2.93. The standard InChI is InChI=1S/C21H24N6O/c1-13-18-10-7-15(12-19(18)25-24-13)22-21-23-20-4-2-3-16(27(20)26-21)11-14-5-8-17(28)9-6-14/h2-4,7,10,12,14,17,28H,5-6,8-9,11H2,1H3,(H,22,26)(H,24,25). The molecule has 7 nitrogen and oxygen atoms in total. The van der Waals surface area contributed by atoms with Gasteiger partial charge in [0.2, 0.25) is 5.95 Å². The summed E-state index contributed by atoms with van der Waals surface area (Å²) in [5.74, 6) is 1.18. The first kappa shape index (κ1) is 17.2. The Morgan fingerprint density at radius 3 is 2.89 bits per heavy atom. The Labute approximate surface area is 162 Å². The number of rotatable bonds is 4. The SMILES string of the molecule is Cc1n[nH]c2cc(Nc3nc4cccc(CC5CCC(O)CC5)n4n3)ccc12. The number of hydrogen-bond acceptors (Lipinski definition) is 5. The molecule has 7 heteroatoms. The van der Waals surface area contributed by atoms with Gasteiger partial charge < -0.3 is 10.4 Å². The van der Waals surface area contributed by atoms with Gasteiger partial charge in [-0.3, -0.25) is 5.10 Å². The number of aromatic nitrogens is 5. The molecule has 1 aliphatic carbocycles. The number of aliphatic hydroxyl groups is 1. The van der Waals surface area contributed by atoms with Crippen LogP contribution in [0.3, 0.4) is 0 Å². The molecule has 1 aromatic carbocycles. The molecule has 4 aromatic rings. The molecule has 144 valence electrons. The van der Waals surface area contributed by atoms with Gasteiger partial charge in [0.05, 0.1) is 17.3 Å². The van der Waals surface area contributed by atoms with E-state index in [4.69, 9.17) is 5.10 Å². The van der Waals surface area contributed by atoms with Gasteiger partial charge in [-0.2, -0.15) is 10.1 Å².